The van der Waals surface area contributed by atoms with Crippen molar-refractivity contribution in [3.63, 3.8) is 0 Å². The lowest BCUT2D eigenvalue weighted by atomic mass is 10.1. The van der Waals surface area contributed by atoms with Crippen LogP contribution in [0.4, 0.5) is 10.5 Å². The first kappa shape index (κ1) is 19.0. The molecule has 7 heteroatoms. The van der Waals surface area contributed by atoms with Gasteiger partial charge in [-0.2, -0.15) is 0 Å². The van der Waals surface area contributed by atoms with Crippen molar-refractivity contribution in [1.29, 1.82) is 0 Å². The molecule has 0 atom stereocenters. The van der Waals surface area contributed by atoms with Crippen LogP contribution in [-0.2, 0) is 4.84 Å². The molecule has 2 aromatic rings. The van der Waals surface area contributed by atoms with Gasteiger partial charge >= 0.3 is 6.03 Å². The number of hydrogen-bond acceptors (Lipinski definition) is 4. The number of halogens is 1. The van der Waals surface area contributed by atoms with Crippen molar-refractivity contribution in [2.75, 3.05) is 31.6 Å². The van der Waals surface area contributed by atoms with Crippen LogP contribution >= 0.6 is 11.6 Å². The first-order valence-electron chi connectivity index (χ1n) is 8.88. The molecule has 1 aliphatic rings. The van der Waals surface area contributed by atoms with Crippen LogP contribution in [0.1, 0.15) is 12.8 Å². The van der Waals surface area contributed by atoms with Gasteiger partial charge in [0.1, 0.15) is 12.4 Å². The maximum absolute atomic E-state index is 12.3. The molecule has 3 rings (SSSR count). The lowest BCUT2D eigenvalue weighted by Crippen LogP contribution is -2.41. The van der Waals surface area contributed by atoms with Gasteiger partial charge in [0, 0.05) is 31.6 Å². The molecule has 6 nitrogen and oxygen atoms in total. The Morgan fingerprint density at radius 1 is 1.04 bits per heavy atom. The number of oxime groups is 1. The van der Waals surface area contributed by atoms with E-state index >= 15 is 0 Å². The van der Waals surface area contributed by atoms with Gasteiger partial charge in [0.2, 0.25) is 0 Å². The molecular formula is C20H22ClN3O3. The molecule has 1 saturated heterocycles. The minimum Gasteiger partial charge on any atom is -0.488 e. The number of benzene rings is 2. The van der Waals surface area contributed by atoms with Crippen LogP contribution in [0.25, 0.3) is 0 Å². The number of nitrogens with one attached hydrogen (secondary N) is 1. The largest absolute Gasteiger partial charge is 0.488 e. The number of para-hydroxylation sites is 2. The molecule has 142 valence electrons. The Morgan fingerprint density at radius 3 is 2.48 bits per heavy atom. The van der Waals surface area contributed by atoms with E-state index in [2.05, 4.69) is 10.5 Å². The fourth-order valence-electron chi connectivity index (χ4n) is 2.67. The molecule has 0 aliphatic carbocycles. The number of anilines is 1. The standard InChI is InChI=1S/C20H22ClN3O3/c21-18-8-4-5-9-19(18)26-14-15-27-23-17-10-12-24(13-11-17)20(25)22-16-6-2-1-3-7-16/h1-9H,10-15H2,(H,22,25). The summed E-state index contributed by atoms with van der Waals surface area (Å²) in [5.41, 5.74) is 1.75. The Kier molecular flexibility index (Phi) is 6.93. The molecule has 27 heavy (non-hydrogen) atoms. The first-order chi connectivity index (χ1) is 13.2. The number of hydrogen-bond donors (Lipinski definition) is 1. The van der Waals surface area contributed by atoms with Crippen LogP contribution in [-0.4, -0.2) is 42.9 Å². The molecule has 0 bridgehead atoms. The molecule has 1 heterocycles. The number of piperidine rings is 1. The number of likely N-dealkylation sites (tertiary alicyclic amines) is 1. The Hall–Kier alpha value is -2.73. The summed E-state index contributed by atoms with van der Waals surface area (Å²) in [5.74, 6) is 0.633. The van der Waals surface area contributed by atoms with E-state index in [9.17, 15) is 4.79 Å². The molecule has 1 N–H and O–H groups in total. The molecule has 0 aromatic heterocycles. The van der Waals surface area contributed by atoms with Gasteiger partial charge in [-0.1, -0.05) is 47.1 Å². The summed E-state index contributed by atoms with van der Waals surface area (Å²) in [6.07, 6.45) is 1.40. The van der Waals surface area contributed by atoms with Crippen LogP contribution in [0.5, 0.6) is 5.75 Å². The minimum atomic E-state index is -0.0886. The van der Waals surface area contributed by atoms with Gasteiger partial charge in [-0.3, -0.25) is 0 Å². The Labute approximate surface area is 163 Å². The van der Waals surface area contributed by atoms with E-state index in [-0.39, 0.29) is 6.03 Å². The molecule has 2 aromatic carbocycles. The zero-order valence-electron chi connectivity index (χ0n) is 14.9. The van der Waals surface area contributed by atoms with Crippen LogP contribution < -0.4 is 10.1 Å². The molecule has 1 aliphatic heterocycles. The second-order valence-electron chi connectivity index (χ2n) is 6.05. The Balaban J connectivity index is 1.35. The van der Waals surface area contributed by atoms with Gasteiger partial charge in [-0.25, -0.2) is 4.79 Å². The molecule has 1 fully saturated rings. The third-order valence-corrected chi connectivity index (χ3v) is 4.43. The summed E-state index contributed by atoms with van der Waals surface area (Å²) in [7, 11) is 0. The average molecular weight is 388 g/mol. The van der Waals surface area contributed by atoms with Crippen molar-refractivity contribution in [3.8, 4) is 5.75 Å². The highest BCUT2D eigenvalue weighted by Gasteiger charge is 2.20. The monoisotopic (exact) mass is 387 g/mol. The molecule has 0 unspecified atom stereocenters. The van der Waals surface area contributed by atoms with Gasteiger partial charge in [0.25, 0.3) is 0 Å². The zero-order valence-corrected chi connectivity index (χ0v) is 15.7. The van der Waals surface area contributed by atoms with Crippen molar-refractivity contribution >= 4 is 29.0 Å². The molecule has 0 radical (unpaired) electrons. The second kappa shape index (κ2) is 9.83. The summed E-state index contributed by atoms with van der Waals surface area (Å²) in [5, 5.41) is 7.63. The van der Waals surface area contributed by atoms with E-state index in [1.54, 1.807) is 11.0 Å². The fourth-order valence-corrected chi connectivity index (χ4v) is 2.86. The summed E-state index contributed by atoms with van der Waals surface area (Å²) in [4.78, 5) is 19.4. The number of carbonyl (C=O) groups is 1. The van der Waals surface area contributed by atoms with Crippen molar-refractivity contribution in [2.24, 2.45) is 5.16 Å². The number of urea groups is 1. The highest BCUT2D eigenvalue weighted by Crippen LogP contribution is 2.22. The highest BCUT2D eigenvalue weighted by molar-refractivity contribution is 6.32. The van der Waals surface area contributed by atoms with E-state index in [0.717, 1.165) is 11.4 Å². The van der Waals surface area contributed by atoms with Gasteiger partial charge < -0.3 is 19.8 Å². The van der Waals surface area contributed by atoms with Gasteiger partial charge in [0.05, 0.1) is 10.7 Å². The fraction of sp³-hybridized carbons (Fsp3) is 0.300. The van der Waals surface area contributed by atoms with Gasteiger partial charge in [-0.05, 0) is 24.3 Å². The van der Waals surface area contributed by atoms with E-state index in [1.807, 2.05) is 48.5 Å². The summed E-state index contributed by atoms with van der Waals surface area (Å²) in [6, 6.07) is 16.7. The highest BCUT2D eigenvalue weighted by atomic mass is 35.5. The second-order valence-corrected chi connectivity index (χ2v) is 6.46. The predicted octanol–water partition coefficient (Wildman–Crippen LogP) is 4.42. The summed E-state index contributed by atoms with van der Waals surface area (Å²) in [6.45, 7) is 1.95. The van der Waals surface area contributed by atoms with Gasteiger partial charge in [-0.15, -0.1) is 0 Å². The SMILES string of the molecule is O=C(Nc1ccccc1)N1CCC(=NOCCOc2ccccc2Cl)CC1. The third-order valence-electron chi connectivity index (χ3n) is 4.12. The lowest BCUT2D eigenvalue weighted by Gasteiger charge is -2.27. The number of rotatable bonds is 6. The summed E-state index contributed by atoms with van der Waals surface area (Å²) < 4.78 is 5.54. The van der Waals surface area contributed by atoms with Crippen molar-refractivity contribution in [2.45, 2.75) is 12.8 Å². The van der Waals surface area contributed by atoms with E-state index in [1.165, 1.54) is 0 Å². The number of amides is 2. The third kappa shape index (κ3) is 5.89. The van der Waals surface area contributed by atoms with E-state index < -0.39 is 0 Å². The zero-order chi connectivity index (χ0) is 18.9. The van der Waals surface area contributed by atoms with Crippen LogP contribution in [0.2, 0.25) is 5.02 Å². The molecule has 0 spiro atoms. The van der Waals surface area contributed by atoms with E-state index in [4.69, 9.17) is 21.2 Å². The van der Waals surface area contributed by atoms with E-state index in [0.29, 0.717) is 49.9 Å². The quantitative estimate of drug-likeness (QED) is 0.589. The molecule has 0 saturated carbocycles. The minimum absolute atomic E-state index is 0.0886. The molecule has 2 amide bonds. The molecular weight excluding hydrogens is 366 g/mol. The smallest absolute Gasteiger partial charge is 0.321 e. The maximum Gasteiger partial charge on any atom is 0.321 e. The Morgan fingerprint density at radius 2 is 1.74 bits per heavy atom. The van der Waals surface area contributed by atoms with Crippen molar-refractivity contribution in [1.82, 2.24) is 4.90 Å². The van der Waals surface area contributed by atoms with Crippen LogP contribution in [0.15, 0.2) is 59.8 Å². The topological polar surface area (TPSA) is 63.2 Å². The van der Waals surface area contributed by atoms with Crippen molar-refractivity contribution in [3.05, 3.63) is 59.6 Å². The van der Waals surface area contributed by atoms with Crippen molar-refractivity contribution < 1.29 is 14.4 Å². The lowest BCUT2D eigenvalue weighted by molar-refractivity contribution is 0.105. The van der Waals surface area contributed by atoms with Gasteiger partial charge in [0.15, 0.2) is 6.61 Å². The number of carbonyl (C=O) groups excluding carboxylic acids is 1. The maximum atomic E-state index is 12.3. The first-order valence-corrected chi connectivity index (χ1v) is 9.26. The predicted molar refractivity (Wildman–Crippen MR) is 107 cm³/mol. The number of ether oxygens (including phenoxy) is 1. The van der Waals surface area contributed by atoms with Crippen LogP contribution in [0, 0.1) is 0 Å². The normalized spacial score (nSPS) is 13.8. The van der Waals surface area contributed by atoms with Crippen LogP contribution in [0.3, 0.4) is 0 Å². The number of nitrogens with zero attached hydrogens (tertiary/aromatic N) is 2. The Bertz CT molecular complexity index is 773. The summed E-state index contributed by atoms with van der Waals surface area (Å²) >= 11 is 6.02. The average Bonchev–Trinajstić information content (AvgIpc) is 2.70.